The third-order valence-electron chi connectivity index (χ3n) is 5.15. The van der Waals surface area contributed by atoms with E-state index in [0.717, 1.165) is 29.0 Å². The molecule has 0 saturated heterocycles. The second kappa shape index (κ2) is 8.02. The third-order valence-corrected chi connectivity index (χ3v) is 5.79. The maximum Gasteiger partial charge on any atom is 0.416 e. The van der Waals surface area contributed by atoms with Gasteiger partial charge in [-0.3, -0.25) is 9.59 Å². The summed E-state index contributed by atoms with van der Waals surface area (Å²) < 4.78 is 38.3. The first-order chi connectivity index (χ1) is 14.3. The van der Waals surface area contributed by atoms with Crippen molar-refractivity contribution in [1.82, 2.24) is 9.88 Å². The van der Waals surface area contributed by atoms with Gasteiger partial charge >= 0.3 is 6.18 Å². The van der Waals surface area contributed by atoms with Gasteiger partial charge in [0, 0.05) is 29.6 Å². The first-order valence-electron chi connectivity index (χ1n) is 9.30. The van der Waals surface area contributed by atoms with E-state index >= 15 is 0 Å². The number of fused-ring (bicyclic) bond motifs is 1. The molecule has 1 aromatic heterocycles. The Labute approximate surface area is 175 Å². The Morgan fingerprint density at radius 1 is 1.10 bits per heavy atom. The quantitative estimate of drug-likeness (QED) is 0.572. The Morgan fingerprint density at radius 2 is 1.87 bits per heavy atom. The van der Waals surface area contributed by atoms with Gasteiger partial charge in [0.05, 0.1) is 23.2 Å². The number of aromatic nitrogens is 1. The summed E-state index contributed by atoms with van der Waals surface area (Å²) in [6.07, 6.45) is -3.69. The smallest absolute Gasteiger partial charge is 0.338 e. The van der Waals surface area contributed by atoms with Gasteiger partial charge in [-0.2, -0.15) is 13.2 Å². The number of alkyl halides is 3. The third kappa shape index (κ3) is 4.14. The molecule has 4 nitrogen and oxygen atoms in total. The molecule has 0 spiro atoms. The zero-order valence-electron chi connectivity index (χ0n) is 15.8. The lowest BCUT2D eigenvalue weighted by molar-refractivity contribution is -0.137. The van der Waals surface area contributed by atoms with E-state index in [0.29, 0.717) is 25.1 Å². The zero-order chi connectivity index (χ0) is 21.3. The number of hydrogen-bond acceptors (Lipinski definition) is 4. The Bertz CT molecular complexity index is 1080. The molecule has 1 aliphatic heterocycles. The summed E-state index contributed by atoms with van der Waals surface area (Å²) in [7, 11) is 0. The number of carbonyl (C=O) groups excluding carboxylic acids is 2. The van der Waals surface area contributed by atoms with Crippen LogP contribution in [0, 0.1) is 0 Å². The van der Waals surface area contributed by atoms with Crippen LogP contribution < -0.4 is 0 Å². The minimum absolute atomic E-state index is 0.0222. The van der Waals surface area contributed by atoms with Crippen molar-refractivity contribution in [3.63, 3.8) is 0 Å². The monoisotopic (exact) mass is 430 g/mol. The van der Waals surface area contributed by atoms with Gasteiger partial charge in [0.25, 0.3) is 0 Å². The van der Waals surface area contributed by atoms with Gasteiger partial charge in [-0.1, -0.05) is 30.3 Å². The van der Waals surface area contributed by atoms with E-state index < -0.39 is 11.7 Å². The summed E-state index contributed by atoms with van der Waals surface area (Å²) in [6.45, 7) is 0.875. The van der Waals surface area contributed by atoms with Gasteiger partial charge in [-0.05, 0) is 29.7 Å². The molecule has 2 aromatic carbocycles. The molecular formula is C22H17F3N2O2S. The largest absolute Gasteiger partial charge is 0.416 e. The molecular weight excluding hydrogens is 413 g/mol. The average Bonchev–Trinajstić information content (AvgIpc) is 3.25. The summed E-state index contributed by atoms with van der Waals surface area (Å²) in [5.41, 5.74) is 4.04. The topological polar surface area (TPSA) is 50.3 Å². The lowest BCUT2D eigenvalue weighted by Gasteiger charge is -2.30. The first-order valence-corrected chi connectivity index (χ1v) is 10.2. The van der Waals surface area contributed by atoms with Crippen LogP contribution in [0.1, 0.15) is 38.3 Å². The van der Waals surface area contributed by atoms with Gasteiger partial charge in [0.1, 0.15) is 0 Å². The molecule has 0 saturated carbocycles. The summed E-state index contributed by atoms with van der Waals surface area (Å²) >= 11 is 1.44. The number of hydrogen-bond donors (Lipinski definition) is 0. The number of halogens is 3. The van der Waals surface area contributed by atoms with Crippen LogP contribution in [-0.2, 0) is 30.4 Å². The molecule has 1 aliphatic rings. The standard InChI is InChI=1S/C22H17F3N2O2S/c23-22(24,25)16-6-4-14(5-7-16)21(29)19-3-1-2-15-11-27(9-8-18(15)19)20(28)10-17-12-30-13-26-17/h1-7,12-13H,8-11H2. The molecule has 0 radical (unpaired) electrons. The number of ketones is 1. The van der Waals surface area contributed by atoms with E-state index in [4.69, 9.17) is 0 Å². The van der Waals surface area contributed by atoms with Crippen molar-refractivity contribution in [2.24, 2.45) is 0 Å². The molecule has 0 unspecified atom stereocenters. The average molecular weight is 430 g/mol. The maximum absolute atomic E-state index is 12.9. The van der Waals surface area contributed by atoms with E-state index in [1.54, 1.807) is 22.5 Å². The van der Waals surface area contributed by atoms with Gasteiger partial charge < -0.3 is 4.90 Å². The molecule has 0 atom stereocenters. The SMILES string of the molecule is O=C(c1ccc(C(F)(F)F)cc1)c1cccc2c1CCN(C(=O)Cc1cscn1)C2. The number of amides is 1. The number of nitrogens with zero attached hydrogens (tertiary/aromatic N) is 2. The fourth-order valence-electron chi connectivity index (χ4n) is 3.59. The van der Waals surface area contributed by atoms with Gasteiger partial charge in [-0.15, -0.1) is 11.3 Å². The van der Waals surface area contributed by atoms with Crippen LogP contribution in [0.15, 0.2) is 53.4 Å². The molecule has 1 amide bonds. The van der Waals surface area contributed by atoms with Crippen LogP contribution in [0.5, 0.6) is 0 Å². The fraction of sp³-hybridized carbons (Fsp3) is 0.227. The number of thiazole rings is 1. The molecule has 154 valence electrons. The molecule has 0 fully saturated rings. The molecule has 4 rings (SSSR count). The molecule has 0 bridgehead atoms. The molecule has 0 N–H and O–H groups in total. The Hall–Kier alpha value is -3.00. The molecule has 0 aliphatic carbocycles. The van der Waals surface area contributed by atoms with E-state index in [9.17, 15) is 22.8 Å². The van der Waals surface area contributed by atoms with Crippen LogP contribution in [0.25, 0.3) is 0 Å². The highest BCUT2D eigenvalue weighted by molar-refractivity contribution is 7.07. The van der Waals surface area contributed by atoms with Crippen LogP contribution in [0.3, 0.4) is 0 Å². The van der Waals surface area contributed by atoms with Crippen LogP contribution in [0.4, 0.5) is 13.2 Å². The van der Waals surface area contributed by atoms with Crippen molar-refractivity contribution in [3.8, 4) is 0 Å². The van der Waals surface area contributed by atoms with Crippen molar-refractivity contribution in [3.05, 3.63) is 86.9 Å². The fourth-order valence-corrected chi connectivity index (χ4v) is 4.15. The van der Waals surface area contributed by atoms with Crippen LogP contribution in [0.2, 0.25) is 0 Å². The summed E-state index contributed by atoms with van der Waals surface area (Å²) in [5.74, 6) is -0.339. The van der Waals surface area contributed by atoms with Crippen molar-refractivity contribution < 1.29 is 22.8 Å². The minimum atomic E-state index is -4.44. The van der Waals surface area contributed by atoms with Gasteiger partial charge in [0.2, 0.25) is 5.91 Å². The molecule has 30 heavy (non-hydrogen) atoms. The van der Waals surface area contributed by atoms with E-state index in [-0.39, 0.29) is 23.7 Å². The van der Waals surface area contributed by atoms with Crippen molar-refractivity contribution in [2.45, 2.75) is 25.6 Å². The zero-order valence-corrected chi connectivity index (χ0v) is 16.6. The molecule has 2 heterocycles. The highest BCUT2D eigenvalue weighted by atomic mass is 32.1. The molecule has 8 heteroatoms. The van der Waals surface area contributed by atoms with Gasteiger partial charge in [0.15, 0.2) is 5.78 Å². The van der Waals surface area contributed by atoms with E-state index in [1.165, 1.54) is 23.5 Å². The second-order valence-electron chi connectivity index (χ2n) is 7.07. The highest BCUT2D eigenvalue weighted by Crippen LogP contribution is 2.30. The first kappa shape index (κ1) is 20.3. The Morgan fingerprint density at radius 3 is 2.53 bits per heavy atom. The summed E-state index contributed by atoms with van der Waals surface area (Å²) in [6, 6.07) is 9.55. The highest BCUT2D eigenvalue weighted by Gasteiger charge is 2.30. The van der Waals surface area contributed by atoms with Crippen molar-refractivity contribution in [2.75, 3.05) is 6.54 Å². The lowest BCUT2D eigenvalue weighted by atomic mass is 9.90. The van der Waals surface area contributed by atoms with Crippen molar-refractivity contribution in [1.29, 1.82) is 0 Å². The maximum atomic E-state index is 12.9. The normalized spacial score (nSPS) is 13.8. The lowest BCUT2D eigenvalue weighted by Crippen LogP contribution is -2.37. The minimum Gasteiger partial charge on any atom is -0.338 e. The number of rotatable bonds is 4. The second-order valence-corrected chi connectivity index (χ2v) is 7.79. The van der Waals surface area contributed by atoms with Crippen LogP contribution >= 0.6 is 11.3 Å². The van der Waals surface area contributed by atoms with E-state index in [1.807, 2.05) is 11.4 Å². The Balaban J connectivity index is 1.53. The van der Waals surface area contributed by atoms with Crippen LogP contribution in [-0.4, -0.2) is 28.1 Å². The predicted octanol–water partition coefficient (Wildman–Crippen LogP) is 4.52. The summed E-state index contributed by atoms with van der Waals surface area (Å²) in [5, 5.41) is 1.84. The van der Waals surface area contributed by atoms with Gasteiger partial charge in [-0.25, -0.2) is 4.98 Å². The van der Waals surface area contributed by atoms with E-state index in [2.05, 4.69) is 4.98 Å². The molecule has 3 aromatic rings. The number of carbonyl (C=O) groups is 2. The number of benzene rings is 2. The summed E-state index contributed by atoms with van der Waals surface area (Å²) in [4.78, 5) is 31.4. The van der Waals surface area contributed by atoms with Crippen molar-refractivity contribution >= 4 is 23.0 Å². The predicted molar refractivity (Wildman–Crippen MR) is 106 cm³/mol. The Kier molecular flexibility index (Phi) is 5.42.